The molecule has 0 saturated heterocycles. The second-order valence-electron chi connectivity index (χ2n) is 5.26. The Morgan fingerprint density at radius 1 is 1.11 bits per heavy atom. The van der Waals surface area contributed by atoms with Crippen molar-refractivity contribution in [1.82, 2.24) is 20.2 Å². The lowest BCUT2D eigenvalue weighted by Gasteiger charge is -2.09. The van der Waals surface area contributed by atoms with E-state index in [1.807, 2.05) is 0 Å². The third kappa shape index (κ3) is 5.42. The number of alkyl halides is 3. The topological polar surface area (TPSA) is 81.9 Å². The van der Waals surface area contributed by atoms with E-state index in [9.17, 15) is 22.4 Å². The van der Waals surface area contributed by atoms with Gasteiger partial charge in [-0.05, 0) is 59.0 Å². The van der Waals surface area contributed by atoms with E-state index in [1.165, 1.54) is 41.1 Å². The maximum Gasteiger partial charge on any atom is 0.573 e. The molecule has 0 spiro atoms. The molecule has 0 aliphatic heterocycles. The number of anilines is 1. The van der Waals surface area contributed by atoms with Crippen LogP contribution >= 0.6 is 11.8 Å². The fraction of sp³-hybridized carbons (Fsp3) is 0.125. The highest BCUT2D eigenvalue weighted by molar-refractivity contribution is 7.99. The molecule has 0 saturated carbocycles. The van der Waals surface area contributed by atoms with Gasteiger partial charge < -0.3 is 10.1 Å². The molecule has 28 heavy (non-hydrogen) atoms. The monoisotopic (exact) mass is 413 g/mol. The van der Waals surface area contributed by atoms with Crippen molar-refractivity contribution < 1.29 is 27.1 Å². The van der Waals surface area contributed by atoms with Crippen molar-refractivity contribution in [1.29, 1.82) is 0 Å². The Hall–Kier alpha value is -3.15. The van der Waals surface area contributed by atoms with Gasteiger partial charge in [0.1, 0.15) is 11.6 Å². The van der Waals surface area contributed by atoms with Gasteiger partial charge in [0, 0.05) is 5.69 Å². The lowest BCUT2D eigenvalue weighted by molar-refractivity contribution is -0.274. The van der Waals surface area contributed by atoms with Crippen LogP contribution in [0.2, 0.25) is 0 Å². The second-order valence-corrected chi connectivity index (χ2v) is 6.20. The number of hydrogen-bond acceptors (Lipinski definition) is 6. The highest BCUT2D eigenvalue weighted by atomic mass is 32.2. The number of aromatic nitrogens is 4. The molecule has 1 aromatic heterocycles. The van der Waals surface area contributed by atoms with Crippen molar-refractivity contribution in [3.8, 4) is 11.4 Å². The van der Waals surface area contributed by atoms with Crippen molar-refractivity contribution in [3.63, 3.8) is 0 Å². The number of halogens is 4. The molecule has 0 atom stereocenters. The molecule has 12 heteroatoms. The maximum atomic E-state index is 12.9. The third-order valence-corrected chi connectivity index (χ3v) is 4.14. The van der Waals surface area contributed by atoms with E-state index < -0.39 is 12.2 Å². The van der Waals surface area contributed by atoms with Crippen molar-refractivity contribution in [2.24, 2.45) is 0 Å². The first-order chi connectivity index (χ1) is 13.3. The molecule has 1 amide bonds. The predicted octanol–water partition coefficient (Wildman–Crippen LogP) is 3.43. The summed E-state index contributed by atoms with van der Waals surface area (Å²) in [7, 11) is 0. The summed E-state index contributed by atoms with van der Waals surface area (Å²) in [6.07, 6.45) is -4.78. The first-order valence-corrected chi connectivity index (χ1v) is 8.61. The molecule has 3 aromatic rings. The largest absolute Gasteiger partial charge is 0.573 e. The molecule has 0 aliphatic carbocycles. The fourth-order valence-electron chi connectivity index (χ4n) is 2.08. The first-order valence-electron chi connectivity index (χ1n) is 7.63. The zero-order valence-electron chi connectivity index (χ0n) is 13.9. The molecular weight excluding hydrogens is 402 g/mol. The van der Waals surface area contributed by atoms with Crippen LogP contribution in [0.15, 0.2) is 53.7 Å². The number of benzene rings is 2. The first kappa shape index (κ1) is 19.6. The van der Waals surface area contributed by atoms with Gasteiger partial charge in [-0.15, -0.1) is 18.3 Å². The Morgan fingerprint density at radius 2 is 1.79 bits per heavy atom. The Bertz CT molecular complexity index is 945. The third-order valence-electron chi connectivity index (χ3n) is 3.22. The van der Waals surface area contributed by atoms with Crippen LogP contribution in [0, 0.1) is 5.82 Å². The summed E-state index contributed by atoms with van der Waals surface area (Å²) in [6.45, 7) is 0. The number of hydrogen-bond donors (Lipinski definition) is 1. The fourth-order valence-corrected chi connectivity index (χ4v) is 2.77. The number of ether oxygens (including phenoxy) is 1. The zero-order valence-corrected chi connectivity index (χ0v) is 14.7. The van der Waals surface area contributed by atoms with E-state index in [2.05, 4.69) is 25.6 Å². The van der Waals surface area contributed by atoms with Crippen LogP contribution in [0.1, 0.15) is 0 Å². The van der Waals surface area contributed by atoms with Crippen LogP contribution in [0.25, 0.3) is 5.69 Å². The second kappa shape index (κ2) is 8.25. The van der Waals surface area contributed by atoms with Crippen molar-refractivity contribution >= 4 is 23.4 Å². The molecule has 0 unspecified atom stereocenters. The molecular formula is C16H11F4N5O2S. The van der Waals surface area contributed by atoms with Crippen LogP contribution in [0.3, 0.4) is 0 Å². The number of thioether (sulfide) groups is 1. The number of amides is 1. The SMILES string of the molecule is O=C(CSc1nnnn1-c1ccc(OC(F)(F)F)cc1)Nc1ccc(F)cc1. The maximum absolute atomic E-state index is 12.9. The average molecular weight is 413 g/mol. The molecule has 3 rings (SSSR count). The van der Waals surface area contributed by atoms with Crippen molar-refractivity contribution in [3.05, 3.63) is 54.3 Å². The van der Waals surface area contributed by atoms with Crippen molar-refractivity contribution in [2.75, 3.05) is 11.1 Å². The van der Waals surface area contributed by atoms with Crippen LogP contribution in [-0.2, 0) is 4.79 Å². The van der Waals surface area contributed by atoms with Gasteiger partial charge in [-0.2, -0.15) is 4.68 Å². The number of carbonyl (C=O) groups excluding carboxylic acids is 1. The zero-order chi connectivity index (χ0) is 20.1. The molecule has 0 fully saturated rings. The van der Waals surface area contributed by atoms with E-state index in [0.29, 0.717) is 11.4 Å². The Kier molecular flexibility index (Phi) is 5.78. The number of nitrogens with zero attached hydrogens (tertiary/aromatic N) is 4. The highest BCUT2D eigenvalue weighted by Crippen LogP contribution is 2.25. The van der Waals surface area contributed by atoms with Crippen LogP contribution in [0.5, 0.6) is 5.75 Å². The van der Waals surface area contributed by atoms with Gasteiger partial charge in [-0.3, -0.25) is 4.79 Å². The van der Waals surface area contributed by atoms with E-state index in [0.717, 1.165) is 23.9 Å². The molecule has 1 heterocycles. The summed E-state index contributed by atoms with van der Waals surface area (Å²) in [4.78, 5) is 12.0. The van der Waals surface area contributed by atoms with Crippen LogP contribution in [0.4, 0.5) is 23.2 Å². The standard InChI is InChI=1S/C16H11F4N5O2S/c17-10-1-3-11(4-2-10)21-14(26)9-28-15-22-23-24-25(15)12-5-7-13(8-6-12)27-16(18,19)20/h1-8H,9H2,(H,21,26). The summed E-state index contributed by atoms with van der Waals surface area (Å²) in [5.74, 6) is -1.19. The van der Waals surface area contributed by atoms with E-state index in [1.54, 1.807) is 0 Å². The molecule has 2 aromatic carbocycles. The minimum absolute atomic E-state index is 0.0347. The summed E-state index contributed by atoms with van der Waals surface area (Å²) >= 11 is 1.02. The minimum atomic E-state index is -4.78. The summed E-state index contributed by atoms with van der Waals surface area (Å²) in [5.41, 5.74) is 0.827. The number of nitrogens with one attached hydrogen (secondary N) is 1. The molecule has 146 valence electrons. The van der Waals surface area contributed by atoms with Gasteiger partial charge in [0.15, 0.2) is 0 Å². The smallest absolute Gasteiger partial charge is 0.406 e. The van der Waals surface area contributed by atoms with Gasteiger partial charge in [-0.1, -0.05) is 11.8 Å². The normalized spacial score (nSPS) is 11.3. The summed E-state index contributed by atoms with van der Waals surface area (Å²) < 4.78 is 54.6. The van der Waals surface area contributed by atoms with Crippen molar-refractivity contribution in [2.45, 2.75) is 11.5 Å². The molecule has 0 bridgehead atoms. The highest BCUT2D eigenvalue weighted by Gasteiger charge is 2.31. The van der Waals surface area contributed by atoms with E-state index in [4.69, 9.17) is 0 Å². The average Bonchev–Trinajstić information content (AvgIpc) is 3.10. The van der Waals surface area contributed by atoms with Crippen LogP contribution < -0.4 is 10.1 Å². The predicted molar refractivity (Wildman–Crippen MR) is 91.6 cm³/mol. The summed E-state index contributed by atoms with van der Waals surface area (Å²) in [6, 6.07) is 10.2. The molecule has 0 aliphatic rings. The number of tetrazole rings is 1. The Morgan fingerprint density at radius 3 is 2.43 bits per heavy atom. The Labute approximate surface area is 159 Å². The minimum Gasteiger partial charge on any atom is -0.406 e. The lowest BCUT2D eigenvalue weighted by atomic mass is 10.3. The molecule has 0 radical (unpaired) electrons. The van der Waals surface area contributed by atoms with Crippen LogP contribution in [-0.4, -0.2) is 38.2 Å². The number of carbonyl (C=O) groups is 1. The van der Waals surface area contributed by atoms with Gasteiger partial charge in [0.25, 0.3) is 0 Å². The molecule has 1 N–H and O–H groups in total. The quantitative estimate of drug-likeness (QED) is 0.493. The summed E-state index contributed by atoms with van der Waals surface area (Å²) in [5, 5.41) is 13.9. The van der Waals surface area contributed by atoms with Gasteiger partial charge in [0.05, 0.1) is 11.4 Å². The van der Waals surface area contributed by atoms with E-state index >= 15 is 0 Å². The Balaban J connectivity index is 1.62. The van der Waals surface area contributed by atoms with Gasteiger partial charge >= 0.3 is 6.36 Å². The van der Waals surface area contributed by atoms with Gasteiger partial charge in [-0.25, -0.2) is 4.39 Å². The van der Waals surface area contributed by atoms with Gasteiger partial charge in [0.2, 0.25) is 11.1 Å². The lowest BCUT2D eigenvalue weighted by Crippen LogP contribution is -2.17. The molecule has 7 nitrogen and oxygen atoms in total. The van der Waals surface area contributed by atoms with E-state index in [-0.39, 0.29) is 22.6 Å². The number of rotatable bonds is 6.